The largest absolute Gasteiger partial charge is 0.307 e. The molecular formula is C18H21NO2. The maximum Gasteiger partial charge on any atom is 0.261 e. The van der Waals surface area contributed by atoms with Crippen LogP contribution in [-0.2, 0) is 6.54 Å². The summed E-state index contributed by atoms with van der Waals surface area (Å²) in [5.41, 5.74) is 4.20. The van der Waals surface area contributed by atoms with Gasteiger partial charge >= 0.3 is 0 Å². The number of nitrogens with zero attached hydrogens (tertiary/aromatic N) is 1. The summed E-state index contributed by atoms with van der Waals surface area (Å²) in [6.07, 6.45) is 0.631. The molecule has 0 bridgehead atoms. The zero-order valence-electron chi connectivity index (χ0n) is 13.0. The normalized spacial score (nSPS) is 10.9. The number of carbonyl (C=O) groups is 1. The molecule has 0 atom stereocenters. The van der Waals surface area contributed by atoms with E-state index in [1.807, 2.05) is 19.9 Å². The van der Waals surface area contributed by atoms with Gasteiger partial charge in [-0.05, 0) is 43.5 Å². The highest BCUT2D eigenvalue weighted by Gasteiger charge is 2.13. The third-order valence-electron chi connectivity index (χ3n) is 3.55. The maximum absolute atomic E-state index is 12.5. The monoisotopic (exact) mass is 283 g/mol. The van der Waals surface area contributed by atoms with Crippen LogP contribution in [0.15, 0.2) is 35.1 Å². The van der Waals surface area contributed by atoms with Crippen LogP contribution in [0.3, 0.4) is 0 Å². The zero-order chi connectivity index (χ0) is 15.6. The Morgan fingerprint density at radius 1 is 1.14 bits per heavy atom. The van der Waals surface area contributed by atoms with Gasteiger partial charge in [0, 0.05) is 12.1 Å². The van der Waals surface area contributed by atoms with Gasteiger partial charge in [0.25, 0.3) is 5.56 Å². The minimum Gasteiger partial charge on any atom is -0.307 e. The van der Waals surface area contributed by atoms with Crippen LogP contribution in [0.5, 0.6) is 0 Å². The van der Waals surface area contributed by atoms with E-state index in [2.05, 4.69) is 32.0 Å². The van der Waals surface area contributed by atoms with Crippen LogP contribution >= 0.6 is 0 Å². The van der Waals surface area contributed by atoms with E-state index in [-0.39, 0.29) is 11.1 Å². The van der Waals surface area contributed by atoms with Gasteiger partial charge in [-0.1, -0.05) is 31.5 Å². The Hall–Kier alpha value is -2.16. The highest BCUT2D eigenvalue weighted by atomic mass is 16.1. The maximum atomic E-state index is 12.5. The second-order valence-corrected chi connectivity index (χ2v) is 5.92. The summed E-state index contributed by atoms with van der Waals surface area (Å²) in [6.45, 7) is 8.79. The molecule has 2 aromatic rings. The average Bonchev–Trinajstić information content (AvgIpc) is 2.43. The first-order valence-electron chi connectivity index (χ1n) is 7.20. The summed E-state index contributed by atoms with van der Waals surface area (Å²) in [5, 5.41) is 0. The number of hydrogen-bond acceptors (Lipinski definition) is 2. The highest BCUT2D eigenvalue weighted by molar-refractivity contribution is 5.76. The van der Waals surface area contributed by atoms with Crippen LogP contribution in [0.2, 0.25) is 0 Å². The van der Waals surface area contributed by atoms with Crippen LogP contribution in [0.1, 0.15) is 35.3 Å². The predicted molar refractivity (Wildman–Crippen MR) is 85.8 cm³/mol. The lowest BCUT2D eigenvalue weighted by Gasteiger charge is -2.17. The molecule has 0 fully saturated rings. The first kappa shape index (κ1) is 15.2. The molecule has 1 heterocycles. The number of aryl methyl sites for hydroxylation is 2. The molecule has 110 valence electrons. The second kappa shape index (κ2) is 6.08. The van der Waals surface area contributed by atoms with Crippen molar-refractivity contribution in [2.75, 3.05) is 0 Å². The standard InChI is InChI=1S/C18H21NO2/c1-12(2)10-19-17(8-7-15(11-20)18(19)21)16-9-13(3)5-6-14(16)4/h5-9,11-12H,10H2,1-4H3. The average molecular weight is 283 g/mol. The van der Waals surface area contributed by atoms with E-state index in [4.69, 9.17) is 0 Å². The third-order valence-corrected chi connectivity index (χ3v) is 3.55. The fraction of sp³-hybridized carbons (Fsp3) is 0.333. The van der Waals surface area contributed by atoms with Crippen molar-refractivity contribution in [3.05, 3.63) is 57.4 Å². The molecule has 0 aliphatic heterocycles. The summed E-state index contributed by atoms with van der Waals surface area (Å²) in [5.74, 6) is 0.327. The molecule has 21 heavy (non-hydrogen) atoms. The van der Waals surface area contributed by atoms with Crippen LogP contribution in [0.4, 0.5) is 0 Å². The molecule has 0 N–H and O–H groups in total. The van der Waals surface area contributed by atoms with Gasteiger partial charge in [0.2, 0.25) is 0 Å². The smallest absolute Gasteiger partial charge is 0.261 e. The molecular weight excluding hydrogens is 262 g/mol. The van der Waals surface area contributed by atoms with Crippen molar-refractivity contribution in [3.63, 3.8) is 0 Å². The van der Waals surface area contributed by atoms with E-state index < -0.39 is 0 Å². The molecule has 1 aromatic heterocycles. The van der Waals surface area contributed by atoms with E-state index in [1.54, 1.807) is 10.6 Å². The van der Waals surface area contributed by atoms with Crippen molar-refractivity contribution in [2.45, 2.75) is 34.2 Å². The minimum atomic E-state index is -0.211. The molecule has 0 radical (unpaired) electrons. The zero-order valence-corrected chi connectivity index (χ0v) is 13.0. The summed E-state index contributed by atoms with van der Waals surface area (Å²) in [4.78, 5) is 23.5. The van der Waals surface area contributed by atoms with E-state index in [9.17, 15) is 9.59 Å². The summed E-state index contributed by atoms with van der Waals surface area (Å²) >= 11 is 0. The van der Waals surface area contributed by atoms with Crippen LogP contribution in [0, 0.1) is 19.8 Å². The van der Waals surface area contributed by atoms with Gasteiger partial charge in [0.05, 0.1) is 11.3 Å². The van der Waals surface area contributed by atoms with E-state index in [0.717, 1.165) is 22.4 Å². The second-order valence-electron chi connectivity index (χ2n) is 5.92. The number of aromatic nitrogens is 1. The van der Waals surface area contributed by atoms with Gasteiger partial charge in [-0.15, -0.1) is 0 Å². The van der Waals surface area contributed by atoms with E-state index in [1.165, 1.54) is 0 Å². The minimum absolute atomic E-state index is 0.211. The SMILES string of the molecule is Cc1ccc(C)c(-c2ccc(C=O)c(=O)n2CC(C)C)c1. The molecule has 0 unspecified atom stereocenters. The number of pyridine rings is 1. The Labute approximate surface area is 125 Å². The fourth-order valence-electron chi connectivity index (χ4n) is 2.48. The van der Waals surface area contributed by atoms with Gasteiger partial charge in [-0.25, -0.2) is 0 Å². The Morgan fingerprint density at radius 2 is 1.86 bits per heavy atom. The van der Waals surface area contributed by atoms with Crippen molar-refractivity contribution in [3.8, 4) is 11.3 Å². The molecule has 3 heteroatoms. The van der Waals surface area contributed by atoms with Crippen LogP contribution in [-0.4, -0.2) is 10.9 Å². The predicted octanol–water partition coefficient (Wildman–Crippen LogP) is 3.60. The van der Waals surface area contributed by atoms with Crippen molar-refractivity contribution in [2.24, 2.45) is 5.92 Å². The van der Waals surface area contributed by atoms with Gasteiger partial charge < -0.3 is 4.57 Å². The van der Waals surface area contributed by atoms with Crippen molar-refractivity contribution < 1.29 is 4.79 Å². The van der Waals surface area contributed by atoms with Gasteiger partial charge in [0.1, 0.15) is 0 Å². The van der Waals surface area contributed by atoms with Gasteiger partial charge in [-0.3, -0.25) is 9.59 Å². The molecule has 3 nitrogen and oxygen atoms in total. The number of aldehydes is 1. The van der Waals surface area contributed by atoms with Crippen LogP contribution < -0.4 is 5.56 Å². The summed E-state index contributed by atoms with van der Waals surface area (Å²) in [7, 11) is 0. The van der Waals surface area contributed by atoms with E-state index in [0.29, 0.717) is 18.7 Å². The number of rotatable bonds is 4. The number of benzene rings is 1. The molecule has 0 saturated heterocycles. The van der Waals surface area contributed by atoms with Crippen molar-refractivity contribution in [1.29, 1.82) is 0 Å². The first-order chi connectivity index (χ1) is 9.93. The van der Waals surface area contributed by atoms with Crippen LogP contribution in [0.25, 0.3) is 11.3 Å². The number of hydrogen-bond donors (Lipinski definition) is 0. The Balaban J connectivity index is 2.73. The quantitative estimate of drug-likeness (QED) is 0.804. The van der Waals surface area contributed by atoms with Gasteiger partial charge in [-0.2, -0.15) is 0 Å². The van der Waals surface area contributed by atoms with Crippen molar-refractivity contribution >= 4 is 6.29 Å². The highest BCUT2D eigenvalue weighted by Crippen LogP contribution is 2.24. The molecule has 0 saturated carbocycles. The Kier molecular flexibility index (Phi) is 4.41. The molecule has 2 rings (SSSR count). The molecule has 1 aromatic carbocycles. The Morgan fingerprint density at radius 3 is 2.48 bits per heavy atom. The number of carbonyl (C=O) groups excluding carboxylic acids is 1. The molecule has 0 spiro atoms. The fourth-order valence-corrected chi connectivity index (χ4v) is 2.48. The topological polar surface area (TPSA) is 39.1 Å². The molecule has 0 aliphatic carbocycles. The van der Waals surface area contributed by atoms with Gasteiger partial charge in [0.15, 0.2) is 6.29 Å². The Bertz CT molecular complexity index is 726. The third kappa shape index (κ3) is 3.13. The summed E-state index contributed by atoms with van der Waals surface area (Å²) < 4.78 is 1.72. The summed E-state index contributed by atoms with van der Waals surface area (Å²) in [6, 6.07) is 9.69. The lowest BCUT2D eigenvalue weighted by atomic mass is 10.0. The molecule has 0 aliphatic rings. The lowest BCUT2D eigenvalue weighted by Crippen LogP contribution is -2.27. The first-order valence-corrected chi connectivity index (χ1v) is 7.20. The van der Waals surface area contributed by atoms with E-state index >= 15 is 0 Å². The lowest BCUT2D eigenvalue weighted by molar-refractivity contribution is 0.112. The molecule has 0 amide bonds. The van der Waals surface area contributed by atoms with Crippen molar-refractivity contribution in [1.82, 2.24) is 4.57 Å².